The molecule has 20 heavy (non-hydrogen) atoms. The molecule has 1 N–H and O–H groups in total. The number of aromatic nitrogens is 3. The molecule has 2 aromatic heterocycles. The number of anilines is 1. The predicted molar refractivity (Wildman–Crippen MR) is 68.8 cm³/mol. The lowest BCUT2D eigenvalue weighted by Gasteiger charge is -2.02. The lowest BCUT2D eigenvalue weighted by atomic mass is 10.5. The minimum atomic E-state index is -4.66. The second-order valence-electron chi connectivity index (χ2n) is 3.57. The SMILES string of the molecule is Cn1ccc(S(=O)(=O)Nc2nc(C(F)(F)F)c(Br)s2)n1. The van der Waals surface area contributed by atoms with Crippen LogP contribution in [0.1, 0.15) is 5.69 Å². The maximum Gasteiger partial charge on any atom is 0.435 e. The summed E-state index contributed by atoms with van der Waals surface area (Å²) in [5.41, 5.74) is -1.18. The zero-order chi connectivity index (χ0) is 15.1. The molecule has 0 atom stereocenters. The number of hydrogen-bond donors (Lipinski definition) is 1. The Hall–Kier alpha value is -1.14. The van der Waals surface area contributed by atoms with Crippen LogP contribution in [-0.2, 0) is 23.2 Å². The summed E-state index contributed by atoms with van der Waals surface area (Å²) < 4.78 is 64.3. The van der Waals surface area contributed by atoms with Crippen molar-refractivity contribution in [2.75, 3.05) is 4.72 Å². The first-order valence-electron chi connectivity index (χ1n) is 4.85. The fraction of sp³-hybridized carbons (Fsp3) is 0.250. The van der Waals surface area contributed by atoms with Crippen molar-refractivity contribution in [1.29, 1.82) is 0 Å². The van der Waals surface area contributed by atoms with E-state index in [0.29, 0.717) is 11.3 Å². The molecule has 0 bridgehead atoms. The molecule has 0 fully saturated rings. The van der Waals surface area contributed by atoms with E-state index in [1.807, 2.05) is 4.72 Å². The lowest BCUT2D eigenvalue weighted by Crippen LogP contribution is -2.14. The molecular weight excluding hydrogens is 385 g/mol. The number of hydrogen-bond acceptors (Lipinski definition) is 5. The van der Waals surface area contributed by atoms with Gasteiger partial charge in [0.1, 0.15) is 3.79 Å². The third-order valence-electron chi connectivity index (χ3n) is 2.04. The Morgan fingerprint density at radius 1 is 1.45 bits per heavy atom. The van der Waals surface area contributed by atoms with E-state index in [4.69, 9.17) is 0 Å². The van der Waals surface area contributed by atoms with Crippen molar-refractivity contribution >= 4 is 42.4 Å². The van der Waals surface area contributed by atoms with Gasteiger partial charge in [-0.15, -0.1) is 0 Å². The van der Waals surface area contributed by atoms with Gasteiger partial charge in [-0.2, -0.15) is 26.7 Å². The molecule has 110 valence electrons. The topological polar surface area (TPSA) is 76.9 Å². The molecular formula is C8H6BrF3N4O2S2. The Kier molecular flexibility index (Phi) is 3.81. The fourth-order valence-corrected chi connectivity index (χ4v) is 3.91. The standard InChI is InChI=1S/C8H6BrF3N4O2S2/c1-16-3-2-4(14-16)20(17,18)15-7-13-5(6(9)19-7)8(10,11)12/h2-3H,1H3,(H,13,15). The van der Waals surface area contributed by atoms with Gasteiger partial charge in [0.05, 0.1) is 0 Å². The van der Waals surface area contributed by atoms with Gasteiger partial charge in [-0.05, 0) is 22.0 Å². The van der Waals surface area contributed by atoms with Crippen LogP contribution in [0.4, 0.5) is 18.3 Å². The van der Waals surface area contributed by atoms with Gasteiger partial charge in [0.25, 0.3) is 10.0 Å². The van der Waals surface area contributed by atoms with Crippen molar-refractivity contribution in [3.05, 3.63) is 21.7 Å². The summed E-state index contributed by atoms with van der Waals surface area (Å²) in [4.78, 5) is 3.22. The zero-order valence-corrected chi connectivity index (χ0v) is 12.9. The number of halogens is 4. The average molecular weight is 391 g/mol. The summed E-state index contributed by atoms with van der Waals surface area (Å²) in [7, 11) is -2.55. The van der Waals surface area contributed by atoms with Crippen molar-refractivity contribution in [2.45, 2.75) is 11.2 Å². The van der Waals surface area contributed by atoms with Crippen molar-refractivity contribution in [3.8, 4) is 0 Å². The second kappa shape index (κ2) is 5.00. The summed E-state index contributed by atoms with van der Waals surface area (Å²) in [5.74, 6) is 0. The fourth-order valence-electron chi connectivity index (χ4n) is 1.22. The monoisotopic (exact) mass is 390 g/mol. The molecule has 2 rings (SSSR count). The normalized spacial score (nSPS) is 12.7. The quantitative estimate of drug-likeness (QED) is 0.872. The molecule has 0 saturated heterocycles. The van der Waals surface area contributed by atoms with E-state index in [9.17, 15) is 21.6 Å². The van der Waals surface area contributed by atoms with Crippen LogP contribution in [0.25, 0.3) is 0 Å². The van der Waals surface area contributed by atoms with Gasteiger partial charge in [0.15, 0.2) is 15.9 Å². The molecule has 0 spiro atoms. The maximum atomic E-state index is 12.5. The van der Waals surface area contributed by atoms with Crippen LogP contribution in [0.2, 0.25) is 0 Å². The molecule has 0 unspecified atom stereocenters. The first-order valence-corrected chi connectivity index (χ1v) is 7.95. The smallest absolute Gasteiger partial charge is 0.274 e. The van der Waals surface area contributed by atoms with Gasteiger partial charge in [0.2, 0.25) is 0 Å². The number of aryl methyl sites for hydroxylation is 1. The minimum absolute atomic E-state index is 0.302. The van der Waals surface area contributed by atoms with Crippen LogP contribution < -0.4 is 4.72 Å². The van der Waals surface area contributed by atoms with Gasteiger partial charge in [-0.25, -0.2) is 4.98 Å². The molecule has 0 aliphatic heterocycles. The Morgan fingerprint density at radius 2 is 2.10 bits per heavy atom. The highest BCUT2D eigenvalue weighted by Gasteiger charge is 2.37. The summed E-state index contributed by atoms with van der Waals surface area (Å²) in [6.45, 7) is 0. The molecule has 2 aromatic rings. The minimum Gasteiger partial charge on any atom is -0.274 e. The van der Waals surface area contributed by atoms with Crippen LogP contribution in [-0.4, -0.2) is 23.2 Å². The van der Waals surface area contributed by atoms with Crippen molar-refractivity contribution < 1.29 is 21.6 Å². The van der Waals surface area contributed by atoms with Crippen molar-refractivity contribution in [3.63, 3.8) is 0 Å². The highest BCUT2D eigenvalue weighted by Crippen LogP contribution is 2.39. The van der Waals surface area contributed by atoms with E-state index in [0.717, 1.165) is 0 Å². The molecule has 0 saturated carbocycles. The van der Waals surface area contributed by atoms with E-state index in [-0.39, 0.29) is 8.81 Å². The van der Waals surface area contributed by atoms with Crippen molar-refractivity contribution in [1.82, 2.24) is 14.8 Å². The van der Waals surface area contributed by atoms with E-state index >= 15 is 0 Å². The van der Waals surface area contributed by atoms with E-state index in [1.165, 1.54) is 24.0 Å². The van der Waals surface area contributed by atoms with Crippen LogP contribution >= 0.6 is 27.3 Å². The number of nitrogens with zero attached hydrogens (tertiary/aromatic N) is 3. The molecule has 6 nitrogen and oxygen atoms in total. The van der Waals surface area contributed by atoms with Crippen LogP contribution in [0.3, 0.4) is 0 Å². The predicted octanol–water partition coefficient (Wildman–Crippen LogP) is 2.46. The summed E-state index contributed by atoms with van der Waals surface area (Å²) >= 11 is 3.23. The van der Waals surface area contributed by atoms with Crippen LogP contribution in [0, 0.1) is 0 Å². The summed E-state index contributed by atoms with van der Waals surface area (Å²) in [5, 5.41) is 2.97. The third kappa shape index (κ3) is 3.12. The second-order valence-corrected chi connectivity index (χ2v) is 7.52. The molecule has 0 amide bonds. The number of rotatable bonds is 3. The molecule has 0 aliphatic rings. The molecule has 0 aromatic carbocycles. The molecule has 2 heterocycles. The number of alkyl halides is 3. The van der Waals surface area contributed by atoms with Crippen LogP contribution in [0.15, 0.2) is 21.1 Å². The first kappa shape index (κ1) is 15.3. The maximum absolute atomic E-state index is 12.5. The Morgan fingerprint density at radius 3 is 2.55 bits per heavy atom. The Balaban J connectivity index is 2.31. The number of nitrogens with one attached hydrogen (secondary N) is 1. The highest BCUT2D eigenvalue weighted by atomic mass is 79.9. The van der Waals surface area contributed by atoms with E-state index < -0.39 is 27.0 Å². The summed E-state index contributed by atoms with van der Waals surface area (Å²) in [6, 6.07) is 1.22. The largest absolute Gasteiger partial charge is 0.435 e. The van der Waals surface area contributed by atoms with Gasteiger partial charge in [-0.1, -0.05) is 11.3 Å². The zero-order valence-electron chi connectivity index (χ0n) is 9.64. The molecule has 0 radical (unpaired) electrons. The molecule has 0 aliphatic carbocycles. The van der Waals surface area contributed by atoms with E-state index in [1.54, 1.807) is 0 Å². The lowest BCUT2D eigenvalue weighted by molar-refractivity contribution is -0.141. The average Bonchev–Trinajstić information content (AvgIpc) is 2.84. The van der Waals surface area contributed by atoms with E-state index in [2.05, 4.69) is 26.0 Å². The van der Waals surface area contributed by atoms with Gasteiger partial charge in [0, 0.05) is 13.2 Å². The summed E-state index contributed by atoms with van der Waals surface area (Å²) in [6.07, 6.45) is -3.27. The van der Waals surface area contributed by atoms with Crippen LogP contribution in [0.5, 0.6) is 0 Å². The Bertz CT molecular complexity index is 737. The number of sulfonamides is 1. The van der Waals surface area contributed by atoms with Gasteiger partial charge < -0.3 is 0 Å². The third-order valence-corrected chi connectivity index (χ3v) is 5.02. The highest BCUT2D eigenvalue weighted by molar-refractivity contribution is 9.11. The van der Waals surface area contributed by atoms with Gasteiger partial charge in [-0.3, -0.25) is 9.40 Å². The van der Waals surface area contributed by atoms with Crippen molar-refractivity contribution in [2.24, 2.45) is 7.05 Å². The Labute approximate surface area is 123 Å². The van der Waals surface area contributed by atoms with Gasteiger partial charge >= 0.3 is 6.18 Å². The first-order chi connectivity index (χ1) is 9.09. The number of thiazole rings is 1. The molecule has 12 heteroatoms.